The van der Waals surface area contributed by atoms with Crippen molar-refractivity contribution in [3.63, 3.8) is 0 Å². The number of halogens is 2. The van der Waals surface area contributed by atoms with Gasteiger partial charge in [-0.25, -0.2) is 4.39 Å². The Kier molecular flexibility index (Phi) is 7.31. The lowest BCUT2D eigenvalue weighted by Gasteiger charge is -2.33. The second-order valence-electron chi connectivity index (χ2n) is 7.07. The quantitative estimate of drug-likeness (QED) is 0.810. The zero-order valence-electron chi connectivity index (χ0n) is 15.5. The van der Waals surface area contributed by atoms with Crippen molar-refractivity contribution in [2.75, 3.05) is 31.1 Å². The van der Waals surface area contributed by atoms with Crippen molar-refractivity contribution in [2.45, 2.75) is 31.2 Å². The molecule has 3 heterocycles. The van der Waals surface area contributed by atoms with Crippen molar-refractivity contribution in [3.05, 3.63) is 36.0 Å². The molecule has 0 saturated carbocycles. The van der Waals surface area contributed by atoms with Gasteiger partial charge in [0.25, 0.3) is 0 Å². The second kappa shape index (κ2) is 9.71. The van der Waals surface area contributed by atoms with Gasteiger partial charge in [0.1, 0.15) is 5.82 Å². The van der Waals surface area contributed by atoms with Gasteiger partial charge in [-0.2, -0.15) is 16.7 Å². The Morgan fingerprint density at radius 2 is 2.18 bits per heavy atom. The Balaban J connectivity index is 0.00000225. The van der Waals surface area contributed by atoms with E-state index in [0.29, 0.717) is 24.7 Å². The molecule has 152 valence electrons. The first kappa shape index (κ1) is 21.1. The van der Waals surface area contributed by atoms with Crippen LogP contribution >= 0.6 is 24.2 Å². The summed E-state index contributed by atoms with van der Waals surface area (Å²) in [6, 6.07) is 6.30. The summed E-state index contributed by atoms with van der Waals surface area (Å²) in [5.41, 5.74) is 0.719. The number of hydrogen-bond acceptors (Lipinski definition) is 6. The molecule has 2 fully saturated rings. The fourth-order valence-electron chi connectivity index (χ4n) is 3.61. The van der Waals surface area contributed by atoms with E-state index in [1.54, 1.807) is 12.1 Å². The molecule has 6 nitrogen and oxygen atoms in total. The maximum Gasteiger partial charge on any atom is 0.231 e. The van der Waals surface area contributed by atoms with Gasteiger partial charge in [0.2, 0.25) is 17.6 Å². The van der Waals surface area contributed by atoms with Gasteiger partial charge >= 0.3 is 0 Å². The zero-order valence-corrected chi connectivity index (χ0v) is 17.1. The summed E-state index contributed by atoms with van der Waals surface area (Å²) >= 11 is 1.90. The summed E-state index contributed by atoms with van der Waals surface area (Å²) < 4.78 is 18.5. The van der Waals surface area contributed by atoms with Gasteiger partial charge in [0.15, 0.2) is 0 Å². The molecule has 2 unspecified atom stereocenters. The van der Waals surface area contributed by atoms with Crippen molar-refractivity contribution in [1.29, 1.82) is 0 Å². The Labute approximate surface area is 174 Å². The predicted octanol–water partition coefficient (Wildman–Crippen LogP) is 3.10. The highest BCUT2D eigenvalue weighted by Crippen LogP contribution is 2.28. The number of piperidine rings is 1. The first-order valence-electron chi connectivity index (χ1n) is 9.37. The molecule has 0 bridgehead atoms. The van der Waals surface area contributed by atoms with Crippen LogP contribution in [0.1, 0.15) is 31.1 Å². The van der Waals surface area contributed by atoms with Crippen molar-refractivity contribution in [2.24, 2.45) is 0 Å². The zero-order chi connectivity index (χ0) is 18.6. The van der Waals surface area contributed by atoms with E-state index >= 15 is 0 Å². The van der Waals surface area contributed by atoms with Gasteiger partial charge in [0, 0.05) is 49.2 Å². The fourth-order valence-corrected chi connectivity index (χ4v) is 4.56. The summed E-state index contributed by atoms with van der Waals surface area (Å²) in [7, 11) is 0. The molecule has 0 radical (unpaired) electrons. The summed E-state index contributed by atoms with van der Waals surface area (Å²) in [6.45, 7) is 2.37. The molecule has 1 amide bonds. The van der Waals surface area contributed by atoms with Crippen molar-refractivity contribution in [3.8, 4) is 11.4 Å². The standard InChI is InChI=1S/C19H23FN4O2S.ClH/c20-15-5-3-13(4-6-15)18-22-19(26-23-18)14-2-1-8-24(11-14)17(25)10-16-12-27-9-7-21-16;/h3-6,14,16,21H,1-2,7-12H2;1H. The highest BCUT2D eigenvalue weighted by Gasteiger charge is 2.30. The largest absolute Gasteiger partial charge is 0.342 e. The van der Waals surface area contributed by atoms with Gasteiger partial charge in [-0.15, -0.1) is 12.4 Å². The summed E-state index contributed by atoms with van der Waals surface area (Å²) in [5, 5.41) is 7.45. The number of carbonyl (C=O) groups is 1. The highest BCUT2D eigenvalue weighted by molar-refractivity contribution is 7.99. The van der Waals surface area contributed by atoms with Crippen LogP contribution in [0.2, 0.25) is 0 Å². The molecular formula is C19H24ClFN4O2S. The lowest BCUT2D eigenvalue weighted by molar-refractivity contribution is -0.132. The highest BCUT2D eigenvalue weighted by atomic mass is 35.5. The Bertz CT molecular complexity index is 782. The minimum Gasteiger partial charge on any atom is -0.342 e. The van der Waals surface area contributed by atoms with E-state index in [1.807, 2.05) is 16.7 Å². The molecule has 1 aromatic carbocycles. The summed E-state index contributed by atoms with van der Waals surface area (Å²) in [6.07, 6.45) is 2.40. The molecule has 28 heavy (non-hydrogen) atoms. The molecule has 4 rings (SSSR count). The van der Waals surface area contributed by atoms with E-state index < -0.39 is 0 Å². The molecule has 1 aromatic heterocycles. The van der Waals surface area contributed by atoms with Gasteiger partial charge in [-0.3, -0.25) is 4.79 Å². The number of benzene rings is 1. The van der Waals surface area contributed by atoms with Crippen LogP contribution < -0.4 is 5.32 Å². The van der Waals surface area contributed by atoms with E-state index in [9.17, 15) is 9.18 Å². The van der Waals surface area contributed by atoms with Crippen LogP contribution in [0.3, 0.4) is 0 Å². The predicted molar refractivity (Wildman–Crippen MR) is 109 cm³/mol. The van der Waals surface area contributed by atoms with Gasteiger partial charge in [-0.1, -0.05) is 5.16 Å². The number of nitrogens with one attached hydrogen (secondary N) is 1. The first-order chi connectivity index (χ1) is 13.2. The molecule has 2 aliphatic rings. The van der Waals surface area contributed by atoms with Crippen molar-refractivity contribution < 1.29 is 13.7 Å². The fraction of sp³-hybridized carbons (Fsp3) is 0.526. The van der Waals surface area contributed by atoms with Crippen LogP contribution in [0.25, 0.3) is 11.4 Å². The van der Waals surface area contributed by atoms with E-state index in [0.717, 1.165) is 43.0 Å². The Morgan fingerprint density at radius 3 is 2.93 bits per heavy atom. The van der Waals surface area contributed by atoms with E-state index in [2.05, 4.69) is 15.5 Å². The number of nitrogens with zero attached hydrogens (tertiary/aromatic N) is 3. The minimum absolute atomic E-state index is 0. The summed E-state index contributed by atoms with van der Waals surface area (Å²) in [4.78, 5) is 19.1. The lowest BCUT2D eigenvalue weighted by atomic mass is 9.97. The van der Waals surface area contributed by atoms with Crippen LogP contribution in [0, 0.1) is 5.82 Å². The van der Waals surface area contributed by atoms with E-state index in [4.69, 9.17) is 4.52 Å². The molecule has 1 N–H and O–H groups in total. The summed E-state index contributed by atoms with van der Waals surface area (Å²) in [5.74, 6) is 3.07. The lowest BCUT2D eigenvalue weighted by Crippen LogP contribution is -2.45. The maximum atomic E-state index is 13.1. The molecule has 2 saturated heterocycles. The average molecular weight is 427 g/mol. The number of aromatic nitrogens is 2. The normalized spacial score (nSPS) is 22.5. The number of thioether (sulfide) groups is 1. The van der Waals surface area contributed by atoms with Crippen LogP contribution in [0.5, 0.6) is 0 Å². The minimum atomic E-state index is -0.297. The molecule has 9 heteroatoms. The van der Waals surface area contributed by atoms with Gasteiger partial charge in [0.05, 0.1) is 5.92 Å². The monoisotopic (exact) mass is 426 g/mol. The molecule has 2 aromatic rings. The Morgan fingerprint density at radius 1 is 1.36 bits per heavy atom. The van der Waals surface area contributed by atoms with E-state index in [-0.39, 0.29) is 36.1 Å². The molecule has 2 aliphatic heterocycles. The van der Waals surface area contributed by atoms with Crippen molar-refractivity contribution in [1.82, 2.24) is 20.4 Å². The van der Waals surface area contributed by atoms with Crippen molar-refractivity contribution >= 4 is 30.1 Å². The molecule has 2 atom stereocenters. The third-order valence-corrected chi connectivity index (χ3v) is 6.22. The number of rotatable bonds is 4. The number of hydrogen-bond donors (Lipinski definition) is 1. The number of carbonyl (C=O) groups excluding carboxylic acids is 1. The van der Waals surface area contributed by atoms with E-state index in [1.165, 1.54) is 12.1 Å². The SMILES string of the molecule is Cl.O=C(CC1CSCCN1)N1CCCC(c2nc(-c3ccc(F)cc3)no2)C1. The maximum absolute atomic E-state index is 13.1. The number of likely N-dealkylation sites (tertiary alicyclic amines) is 1. The van der Waals surface area contributed by atoms with Crippen LogP contribution in [-0.2, 0) is 4.79 Å². The Hall–Kier alpha value is -1.64. The topological polar surface area (TPSA) is 71.3 Å². The number of amides is 1. The van der Waals surface area contributed by atoms with Crippen LogP contribution in [0.4, 0.5) is 4.39 Å². The molecule has 0 spiro atoms. The molecule has 0 aliphatic carbocycles. The third kappa shape index (κ3) is 5.04. The van der Waals surface area contributed by atoms with Crippen LogP contribution in [-0.4, -0.2) is 58.1 Å². The average Bonchev–Trinajstić information content (AvgIpc) is 3.20. The first-order valence-corrected chi connectivity index (χ1v) is 10.5. The van der Waals surface area contributed by atoms with Crippen LogP contribution in [0.15, 0.2) is 28.8 Å². The smallest absolute Gasteiger partial charge is 0.231 e. The van der Waals surface area contributed by atoms with Gasteiger partial charge in [-0.05, 0) is 37.1 Å². The third-order valence-electron chi connectivity index (χ3n) is 5.09. The molecular weight excluding hydrogens is 403 g/mol. The van der Waals surface area contributed by atoms with Gasteiger partial charge < -0.3 is 14.7 Å². The second-order valence-corrected chi connectivity index (χ2v) is 8.22.